The number of rotatable bonds is 8. The van der Waals surface area contributed by atoms with Gasteiger partial charge in [-0.25, -0.2) is 13.4 Å². The molecule has 0 radical (unpaired) electrons. The minimum absolute atomic E-state index is 0.0616. The van der Waals surface area contributed by atoms with Gasteiger partial charge in [-0.05, 0) is 35.7 Å². The van der Waals surface area contributed by atoms with Crippen molar-refractivity contribution in [3.8, 4) is 11.5 Å². The maximum Gasteiger partial charge on any atom is 0.236 e. The number of nitrogens with one attached hydrogen (secondary N) is 1. The smallest absolute Gasteiger partial charge is 0.236 e. The maximum absolute atomic E-state index is 12.7. The molecule has 29 heavy (non-hydrogen) atoms. The van der Waals surface area contributed by atoms with Crippen LogP contribution in [0.25, 0.3) is 0 Å². The Labute approximate surface area is 171 Å². The van der Waals surface area contributed by atoms with E-state index < -0.39 is 10.0 Å². The summed E-state index contributed by atoms with van der Waals surface area (Å²) in [5.74, 6) is 1.38. The van der Waals surface area contributed by atoms with Gasteiger partial charge in [0.2, 0.25) is 10.0 Å². The van der Waals surface area contributed by atoms with Crippen LogP contribution in [0, 0.1) is 0 Å². The number of guanidine groups is 1. The third-order valence-corrected chi connectivity index (χ3v) is 6.50. The number of nitrogens with two attached hydrogens (primary N) is 1. The van der Waals surface area contributed by atoms with Gasteiger partial charge in [0, 0.05) is 13.1 Å². The Kier molecular flexibility index (Phi) is 6.48. The summed E-state index contributed by atoms with van der Waals surface area (Å²) < 4.78 is 37.3. The van der Waals surface area contributed by atoms with Crippen molar-refractivity contribution in [2.24, 2.45) is 10.7 Å². The van der Waals surface area contributed by atoms with E-state index in [-0.39, 0.29) is 18.3 Å². The van der Waals surface area contributed by atoms with Crippen molar-refractivity contribution in [2.45, 2.75) is 13.0 Å². The van der Waals surface area contributed by atoms with Crippen LogP contribution in [-0.4, -0.2) is 47.4 Å². The van der Waals surface area contributed by atoms with Crippen molar-refractivity contribution >= 4 is 21.7 Å². The largest absolute Gasteiger partial charge is 0.493 e. The number of ether oxygens (including phenoxy) is 2. The van der Waals surface area contributed by atoms with E-state index >= 15 is 0 Å². The zero-order chi connectivity index (χ0) is 20.9. The molecule has 0 saturated carbocycles. The number of fused-ring (bicyclic) bond motifs is 1. The molecule has 0 saturated heterocycles. The first-order chi connectivity index (χ1) is 13.9. The highest BCUT2D eigenvalue weighted by molar-refractivity contribution is 7.92. The van der Waals surface area contributed by atoms with Gasteiger partial charge in [0.1, 0.15) is 0 Å². The van der Waals surface area contributed by atoms with E-state index in [1.165, 1.54) is 4.31 Å². The summed E-state index contributed by atoms with van der Waals surface area (Å²) in [6, 6.07) is 13.1. The summed E-state index contributed by atoms with van der Waals surface area (Å²) in [6.07, 6.45) is 0.734. The van der Waals surface area contributed by atoms with Gasteiger partial charge >= 0.3 is 0 Å². The first-order valence-corrected chi connectivity index (χ1v) is 10.9. The molecule has 0 unspecified atom stereocenters. The SMILES string of the molecule is COc1ccc(CN=C(N)NCCS(=O)(=O)N2CCc3ccccc32)cc1OC. The zero-order valence-electron chi connectivity index (χ0n) is 16.6. The lowest BCUT2D eigenvalue weighted by molar-refractivity contribution is 0.354. The van der Waals surface area contributed by atoms with Crippen LogP contribution in [0.15, 0.2) is 47.5 Å². The Morgan fingerprint density at radius 2 is 1.93 bits per heavy atom. The number of para-hydroxylation sites is 1. The number of aliphatic imine (C=N–C) groups is 1. The van der Waals surface area contributed by atoms with Crippen molar-refractivity contribution in [1.29, 1.82) is 0 Å². The van der Waals surface area contributed by atoms with Crippen LogP contribution in [0.5, 0.6) is 11.5 Å². The van der Waals surface area contributed by atoms with Gasteiger partial charge in [-0.2, -0.15) is 0 Å². The molecule has 0 bridgehead atoms. The molecule has 2 aromatic carbocycles. The first-order valence-electron chi connectivity index (χ1n) is 9.27. The molecule has 2 aromatic rings. The van der Waals surface area contributed by atoms with E-state index in [1.54, 1.807) is 20.3 Å². The fraction of sp³-hybridized carbons (Fsp3) is 0.350. The Bertz CT molecular complexity index is 992. The van der Waals surface area contributed by atoms with Crippen LogP contribution in [-0.2, 0) is 23.0 Å². The molecule has 0 aromatic heterocycles. The molecule has 8 nitrogen and oxygen atoms in total. The Morgan fingerprint density at radius 3 is 2.69 bits per heavy atom. The summed E-state index contributed by atoms with van der Waals surface area (Å²) in [7, 11) is -0.278. The highest BCUT2D eigenvalue weighted by Gasteiger charge is 2.28. The van der Waals surface area contributed by atoms with Crippen molar-refractivity contribution in [1.82, 2.24) is 5.32 Å². The van der Waals surface area contributed by atoms with E-state index in [1.807, 2.05) is 36.4 Å². The van der Waals surface area contributed by atoms with E-state index in [9.17, 15) is 8.42 Å². The van der Waals surface area contributed by atoms with Crippen LogP contribution in [0.3, 0.4) is 0 Å². The van der Waals surface area contributed by atoms with Gasteiger partial charge in [-0.1, -0.05) is 24.3 Å². The standard InChI is InChI=1S/C20H26N4O4S/c1-27-18-8-7-15(13-19(18)28-2)14-23-20(21)22-10-12-29(25,26)24-11-9-16-5-3-4-6-17(16)24/h3-8,13H,9-12,14H2,1-2H3,(H3,21,22,23). The molecule has 0 spiro atoms. The average Bonchev–Trinajstić information content (AvgIpc) is 3.17. The van der Waals surface area contributed by atoms with Gasteiger partial charge < -0.3 is 20.5 Å². The lowest BCUT2D eigenvalue weighted by Crippen LogP contribution is -2.39. The van der Waals surface area contributed by atoms with Crippen molar-refractivity contribution in [3.05, 3.63) is 53.6 Å². The fourth-order valence-corrected chi connectivity index (χ4v) is 4.65. The zero-order valence-corrected chi connectivity index (χ0v) is 17.4. The van der Waals surface area contributed by atoms with Crippen LogP contribution in [0.2, 0.25) is 0 Å². The monoisotopic (exact) mass is 418 g/mol. The summed E-state index contributed by atoms with van der Waals surface area (Å²) >= 11 is 0. The predicted octanol–water partition coefficient (Wildman–Crippen LogP) is 1.50. The minimum Gasteiger partial charge on any atom is -0.493 e. The first kappa shape index (κ1) is 20.8. The van der Waals surface area contributed by atoms with Gasteiger partial charge in [0.25, 0.3) is 0 Å². The van der Waals surface area contributed by atoms with Gasteiger partial charge in [-0.15, -0.1) is 0 Å². The topological polar surface area (TPSA) is 106 Å². The van der Waals surface area contributed by atoms with Crippen molar-refractivity contribution < 1.29 is 17.9 Å². The highest BCUT2D eigenvalue weighted by Crippen LogP contribution is 2.30. The van der Waals surface area contributed by atoms with Crippen molar-refractivity contribution in [3.63, 3.8) is 0 Å². The molecular formula is C20H26N4O4S. The number of methoxy groups -OCH3 is 2. The second-order valence-corrected chi connectivity index (χ2v) is 8.60. The van der Waals surface area contributed by atoms with E-state index in [2.05, 4.69) is 10.3 Å². The molecule has 156 valence electrons. The van der Waals surface area contributed by atoms with Crippen LogP contribution in [0.4, 0.5) is 5.69 Å². The lowest BCUT2D eigenvalue weighted by atomic mass is 10.2. The Balaban J connectivity index is 1.54. The molecule has 0 atom stereocenters. The molecule has 0 aliphatic carbocycles. The van der Waals surface area contributed by atoms with E-state index in [0.29, 0.717) is 24.6 Å². The lowest BCUT2D eigenvalue weighted by Gasteiger charge is -2.19. The quantitative estimate of drug-likeness (QED) is 0.497. The Hall–Kier alpha value is -2.94. The number of anilines is 1. The van der Waals surface area contributed by atoms with Crippen LogP contribution in [0.1, 0.15) is 11.1 Å². The molecule has 3 N–H and O–H groups in total. The summed E-state index contributed by atoms with van der Waals surface area (Å²) in [6.45, 7) is 0.998. The van der Waals surface area contributed by atoms with E-state index in [4.69, 9.17) is 15.2 Å². The predicted molar refractivity (Wildman–Crippen MR) is 114 cm³/mol. The normalized spacial score (nSPS) is 13.9. The number of hydrogen-bond acceptors (Lipinski definition) is 5. The number of sulfonamides is 1. The second-order valence-electron chi connectivity index (χ2n) is 6.58. The molecule has 3 rings (SSSR count). The van der Waals surface area contributed by atoms with E-state index in [0.717, 1.165) is 23.2 Å². The average molecular weight is 419 g/mol. The Morgan fingerprint density at radius 1 is 1.17 bits per heavy atom. The van der Waals surface area contributed by atoms with Crippen LogP contribution < -0.4 is 24.8 Å². The molecular weight excluding hydrogens is 392 g/mol. The van der Waals surface area contributed by atoms with Gasteiger partial charge in [0.05, 0.1) is 32.2 Å². The van der Waals surface area contributed by atoms with Gasteiger partial charge in [0.15, 0.2) is 17.5 Å². The van der Waals surface area contributed by atoms with Crippen LogP contribution >= 0.6 is 0 Å². The number of nitrogens with zero attached hydrogens (tertiary/aromatic N) is 2. The molecule has 0 amide bonds. The fourth-order valence-electron chi connectivity index (χ4n) is 3.23. The number of benzene rings is 2. The molecule has 1 aliphatic heterocycles. The second kappa shape index (κ2) is 9.04. The number of hydrogen-bond donors (Lipinski definition) is 2. The molecule has 1 heterocycles. The minimum atomic E-state index is -3.42. The summed E-state index contributed by atoms with van der Waals surface area (Å²) in [4.78, 5) is 4.26. The highest BCUT2D eigenvalue weighted by atomic mass is 32.2. The summed E-state index contributed by atoms with van der Waals surface area (Å²) in [5, 5.41) is 2.87. The summed E-state index contributed by atoms with van der Waals surface area (Å²) in [5.41, 5.74) is 8.60. The third kappa shape index (κ3) is 4.92. The third-order valence-electron chi connectivity index (χ3n) is 4.73. The maximum atomic E-state index is 12.7. The van der Waals surface area contributed by atoms with Crippen molar-refractivity contribution in [2.75, 3.05) is 37.4 Å². The molecule has 9 heteroatoms. The van der Waals surface area contributed by atoms with Gasteiger partial charge in [-0.3, -0.25) is 4.31 Å². The molecule has 1 aliphatic rings. The molecule has 0 fully saturated rings.